The van der Waals surface area contributed by atoms with Gasteiger partial charge in [0.1, 0.15) is 12.4 Å². The summed E-state index contributed by atoms with van der Waals surface area (Å²) in [4.78, 5) is 12.8. The van der Waals surface area contributed by atoms with E-state index in [4.69, 9.17) is 9.84 Å². The molecule has 0 spiro atoms. The van der Waals surface area contributed by atoms with Gasteiger partial charge in [-0.1, -0.05) is 15.9 Å². The lowest BCUT2D eigenvalue weighted by Crippen LogP contribution is -2.44. The van der Waals surface area contributed by atoms with Crippen LogP contribution in [0.25, 0.3) is 0 Å². The number of aliphatic carboxylic acids is 1. The Bertz CT molecular complexity index is 426. The molecule has 0 amide bonds. The van der Waals surface area contributed by atoms with E-state index >= 15 is 0 Å². The summed E-state index contributed by atoms with van der Waals surface area (Å²) in [5.41, 5.74) is -0.0709. The molecule has 0 atom stereocenters. The van der Waals surface area contributed by atoms with Gasteiger partial charge < -0.3 is 9.84 Å². The van der Waals surface area contributed by atoms with Gasteiger partial charge in [-0.05, 0) is 45.0 Å². The molecule has 5 heteroatoms. The van der Waals surface area contributed by atoms with Crippen LogP contribution >= 0.6 is 15.9 Å². The zero-order chi connectivity index (χ0) is 15.2. The van der Waals surface area contributed by atoms with Gasteiger partial charge in [0.15, 0.2) is 0 Å². The van der Waals surface area contributed by atoms with Crippen molar-refractivity contribution in [3.8, 4) is 5.75 Å². The van der Waals surface area contributed by atoms with Crippen LogP contribution in [0.1, 0.15) is 27.2 Å². The monoisotopic (exact) mass is 343 g/mol. The average Bonchev–Trinajstić information content (AvgIpc) is 2.34. The number of carbonyl (C=O) groups is 1. The summed E-state index contributed by atoms with van der Waals surface area (Å²) in [6.07, 6.45) is 0.148. The highest BCUT2D eigenvalue weighted by Gasteiger charge is 2.21. The van der Waals surface area contributed by atoms with Gasteiger partial charge in [-0.15, -0.1) is 0 Å². The van der Waals surface area contributed by atoms with E-state index in [-0.39, 0.29) is 12.0 Å². The largest absolute Gasteiger partial charge is 0.492 e. The van der Waals surface area contributed by atoms with Gasteiger partial charge in [-0.2, -0.15) is 0 Å². The molecule has 0 aliphatic carbocycles. The molecule has 0 aromatic heterocycles. The number of carboxylic acid groups (broad SMARTS) is 1. The Morgan fingerprint density at radius 3 is 2.35 bits per heavy atom. The molecule has 0 heterocycles. The maximum atomic E-state index is 10.7. The first-order valence-corrected chi connectivity index (χ1v) is 7.43. The van der Waals surface area contributed by atoms with E-state index in [2.05, 4.69) is 41.6 Å². The first-order valence-electron chi connectivity index (χ1n) is 6.64. The Hall–Kier alpha value is -1.07. The second kappa shape index (κ2) is 7.64. The standard InChI is InChI=1S/C15H22BrNO3/c1-15(2,3)17(9-8-14(18)19)10-11-20-13-6-4-12(16)5-7-13/h4-7H,8-11H2,1-3H3,(H,18,19). The maximum absolute atomic E-state index is 10.7. The van der Waals surface area contributed by atoms with Crippen molar-refractivity contribution in [3.63, 3.8) is 0 Å². The normalized spacial score (nSPS) is 11.7. The molecule has 1 N–H and O–H groups in total. The number of benzene rings is 1. The van der Waals surface area contributed by atoms with Crippen LogP contribution in [0, 0.1) is 0 Å². The van der Waals surface area contributed by atoms with Crippen LogP contribution in [-0.2, 0) is 4.79 Å². The van der Waals surface area contributed by atoms with Crippen molar-refractivity contribution < 1.29 is 14.6 Å². The van der Waals surface area contributed by atoms with E-state index in [1.54, 1.807) is 0 Å². The van der Waals surface area contributed by atoms with Gasteiger partial charge >= 0.3 is 5.97 Å². The number of halogens is 1. The van der Waals surface area contributed by atoms with Crippen molar-refractivity contribution in [1.82, 2.24) is 4.90 Å². The minimum absolute atomic E-state index is 0.0709. The summed E-state index contributed by atoms with van der Waals surface area (Å²) in [6.45, 7) is 8.01. The molecular weight excluding hydrogens is 322 g/mol. The van der Waals surface area contributed by atoms with E-state index < -0.39 is 5.97 Å². The zero-order valence-corrected chi connectivity index (χ0v) is 13.8. The number of hydrogen-bond donors (Lipinski definition) is 1. The number of nitrogens with zero attached hydrogens (tertiary/aromatic N) is 1. The van der Waals surface area contributed by atoms with Gasteiger partial charge in [-0.25, -0.2) is 0 Å². The molecule has 0 radical (unpaired) electrons. The van der Waals surface area contributed by atoms with Crippen molar-refractivity contribution in [3.05, 3.63) is 28.7 Å². The molecule has 1 aromatic carbocycles. The third-order valence-electron chi connectivity index (χ3n) is 2.99. The topological polar surface area (TPSA) is 49.8 Å². The fraction of sp³-hybridized carbons (Fsp3) is 0.533. The fourth-order valence-electron chi connectivity index (χ4n) is 1.82. The molecular formula is C15H22BrNO3. The summed E-state index contributed by atoms with van der Waals surface area (Å²) in [5, 5.41) is 8.80. The Balaban J connectivity index is 2.45. The Kier molecular flexibility index (Phi) is 6.49. The molecule has 0 aliphatic heterocycles. The van der Waals surface area contributed by atoms with Crippen LogP contribution in [0.5, 0.6) is 5.75 Å². The molecule has 20 heavy (non-hydrogen) atoms. The molecule has 1 aromatic rings. The smallest absolute Gasteiger partial charge is 0.304 e. The summed E-state index contributed by atoms with van der Waals surface area (Å²) in [5.74, 6) is 0.0494. The van der Waals surface area contributed by atoms with Crippen LogP contribution in [0.4, 0.5) is 0 Å². The Morgan fingerprint density at radius 1 is 1.25 bits per heavy atom. The van der Waals surface area contributed by atoms with Crippen LogP contribution in [0.2, 0.25) is 0 Å². The van der Waals surface area contributed by atoms with Crippen molar-refractivity contribution >= 4 is 21.9 Å². The lowest BCUT2D eigenvalue weighted by atomic mass is 10.1. The molecule has 0 saturated carbocycles. The average molecular weight is 344 g/mol. The molecule has 0 fully saturated rings. The summed E-state index contributed by atoms with van der Waals surface area (Å²) >= 11 is 3.38. The number of carboxylic acids is 1. The number of hydrogen-bond acceptors (Lipinski definition) is 3. The van der Waals surface area contributed by atoms with Crippen molar-refractivity contribution in [1.29, 1.82) is 0 Å². The number of rotatable bonds is 7. The Morgan fingerprint density at radius 2 is 1.85 bits per heavy atom. The predicted octanol–water partition coefficient (Wildman–Crippen LogP) is 3.40. The fourth-order valence-corrected chi connectivity index (χ4v) is 2.08. The molecule has 112 valence electrons. The first kappa shape index (κ1) is 17.0. The highest BCUT2D eigenvalue weighted by molar-refractivity contribution is 9.10. The SMILES string of the molecule is CC(C)(C)N(CCOc1ccc(Br)cc1)CCC(=O)O. The maximum Gasteiger partial charge on any atom is 0.304 e. The van der Waals surface area contributed by atoms with Gasteiger partial charge in [-0.3, -0.25) is 9.69 Å². The van der Waals surface area contributed by atoms with E-state index in [0.717, 1.165) is 10.2 Å². The van der Waals surface area contributed by atoms with Gasteiger partial charge in [0.05, 0.1) is 6.42 Å². The zero-order valence-electron chi connectivity index (χ0n) is 12.2. The van der Waals surface area contributed by atoms with Crippen LogP contribution < -0.4 is 4.74 Å². The van der Waals surface area contributed by atoms with E-state index in [0.29, 0.717) is 19.7 Å². The molecule has 4 nitrogen and oxygen atoms in total. The molecule has 1 rings (SSSR count). The Labute approximate surface area is 128 Å². The van der Waals surface area contributed by atoms with Gasteiger partial charge in [0.2, 0.25) is 0 Å². The van der Waals surface area contributed by atoms with Crippen molar-refractivity contribution in [2.24, 2.45) is 0 Å². The number of ether oxygens (including phenoxy) is 1. The third kappa shape index (κ3) is 6.39. The molecule has 0 unspecified atom stereocenters. The second-order valence-corrected chi connectivity index (χ2v) is 6.52. The molecule has 0 bridgehead atoms. The second-order valence-electron chi connectivity index (χ2n) is 5.60. The van der Waals surface area contributed by atoms with E-state index in [9.17, 15) is 4.79 Å². The van der Waals surface area contributed by atoms with Gasteiger partial charge in [0, 0.05) is 23.1 Å². The van der Waals surface area contributed by atoms with Crippen LogP contribution in [-0.4, -0.2) is 41.2 Å². The predicted molar refractivity (Wildman–Crippen MR) is 83.2 cm³/mol. The summed E-state index contributed by atoms with van der Waals surface area (Å²) < 4.78 is 6.70. The van der Waals surface area contributed by atoms with E-state index in [1.807, 2.05) is 24.3 Å². The quantitative estimate of drug-likeness (QED) is 0.824. The van der Waals surface area contributed by atoms with Gasteiger partial charge in [0.25, 0.3) is 0 Å². The first-order chi connectivity index (χ1) is 9.29. The summed E-state index contributed by atoms with van der Waals surface area (Å²) in [6, 6.07) is 7.67. The molecule has 0 aliphatic rings. The van der Waals surface area contributed by atoms with Crippen LogP contribution in [0.15, 0.2) is 28.7 Å². The minimum Gasteiger partial charge on any atom is -0.492 e. The van der Waals surface area contributed by atoms with Crippen molar-refractivity contribution in [2.75, 3.05) is 19.7 Å². The lowest BCUT2D eigenvalue weighted by Gasteiger charge is -2.35. The highest BCUT2D eigenvalue weighted by atomic mass is 79.9. The molecule has 0 saturated heterocycles. The van der Waals surface area contributed by atoms with Crippen molar-refractivity contribution in [2.45, 2.75) is 32.7 Å². The lowest BCUT2D eigenvalue weighted by molar-refractivity contribution is -0.137. The minimum atomic E-state index is -0.770. The highest BCUT2D eigenvalue weighted by Crippen LogP contribution is 2.17. The third-order valence-corrected chi connectivity index (χ3v) is 3.52. The summed E-state index contributed by atoms with van der Waals surface area (Å²) in [7, 11) is 0. The van der Waals surface area contributed by atoms with E-state index in [1.165, 1.54) is 0 Å². The van der Waals surface area contributed by atoms with Crippen LogP contribution in [0.3, 0.4) is 0 Å².